The lowest BCUT2D eigenvalue weighted by Gasteiger charge is -2.38. The maximum Gasteiger partial charge on any atom is 0.237 e. The van der Waals surface area contributed by atoms with Gasteiger partial charge in [-0.25, -0.2) is 0 Å². The van der Waals surface area contributed by atoms with Crippen LogP contribution in [-0.2, 0) is 4.79 Å². The molecule has 0 aromatic rings. The molecular formula is C16H33N3O. The third-order valence-electron chi connectivity index (χ3n) is 4.43. The van der Waals surface area contributed by atoms with Crippen molar-refractivity contribution in [3.05, 3.63) is 0 Å². The number of nitrogens with one attached hydrogen (secondary N) is 2. The Bertz CT molecular complexity index is 273. The van der Waals surface area contributed by atoms with Crippen LogP contribution >= 0.6 is 0 Å². The highest BCUT2D eigenvalue weighted by molar-refractivity contribution is 5.81. The Labute approximate surface area is 124 Å². The first-order valence-electron chi connectivity index (χ1n) is 8.40. The van der Waals surface area contributed by atoms with E-state index in [4.69, 9.17) is 0 Å². The lowest BCUT2D eigenvalue weighted by molar-refractivity contribution is -0.127. The fraction of sp³-hybridized carbons (Fsp3) is 0.938. The Morgan fingerprint density at radius 2 is 2.05 bits per heavy atom. The predicted molar refractivity (Wildman–Crippen MR) is 84.9 cm³/mol. The van der Waals surface area contributed by atoms with Gasteiger partial charge in [0.25, 0.3) is 0 Å². The highest BCUT2D eigenvalue weighted by Gasteiger charge is 2.29. The van der Waals surface area contributed by atoms with Crippen LogP contribution in [-0.4, -0.2) is 48.6 Å². The van der Waals surface area contributed by atoms with Gasteiger partial charge < -0.3 is 10.6 Å². The fourth-order valence-corrected chi connectivity index (χ4v) is 3.03. The lowest BCUT2D eigenvalue weighted by atomic mass is 10.0. The van der Waals surface area contributed by atoms with E-state index >= 15 is 0 Å². The molecule has 1 rings (SSSR count). The van der Waals surface area contributed by atoms with Crippen LogP contribution in [0.5, 0.6) is 0 Å². The molecule has 1 saturated heterocycles. The summed E-state index contributed by atoms with van der Waals surface area (Å²) in [6.45, 7) is 11.6. The molecule has 1 aliphatic heterocycles. The number of amides is 1. The van der Waals surface area contributed by atoms with E-state index in [1.165, 1.54) is 12.8 Å². The van der Waals surface area contributed by atoms with Crippen LogP contribution in [0.4, 0.5) is 0 Å². The molecule has 1 fully saturated rings. The molecule has 4 nitrogen and oxygen atoms in total. The number of carbonyl (C=O) groups is 1. The van der Waals surface area contributed by atoms with Crippen molar-refractivity contribution in [3.63, 3.8) is 0 Å². The summed E-state index contributed by atoms with van der Waals surface area (Å²) in [6.07, 6.45) is 5.53. The molecule has 2 N–H and O–H groups in total. The van der Waals surface area contributed by atoms with E-state index in [1.54, 1.807) is 0 Å². The Morgan fingerprint density at radius 1 is 1.35 bits per heavy atom. The van der Waals surface area contributed by atoms with Crippen LogP contribution in [0.3, 0.4) is 0 Å². The summed E-state index contributed by atoms with van der Waals surface area (Å²) in [5.41, 5.74) is 0. The van der Waals surface area contributed by atoms with Crippen molar-refractivity contribution < 1.29 is 4.79 Å². The van der Waals surface area contributed by atoms with E-state index in [2.05, 4.69) is 43.2 Å². The van der Waals surface area contributed by atoms with E-state index in [1.807, 2.05) is 0 Å². The van der Waals surface area contributed by atoms with Crippen molar-refractivity contribution in [2.75, 3.05) is 19.6 Å². The molecular weight excluding hydrogens is 250 g/mol. The number of nitrogens with zero attached hydrogens (tertiary/aromatic N) is 1. The van der Waals surface area contributed by atoms with Gasteiger partial charge in [0.1, 0.15) is 0 Å². The lowest BCUT2D eigenvalue weighted by Crippen LogP contribution is -2.55. The number of rotatable bonds is 8. The van der Waals surface area contributed by atoms with Crippen LogP contribution in [0.25, 0.3) is 0 Å². The Balaban J connectivity index is 2.61. The quantitative estimate of drug-likeness (QED) is 0.717. The average Bonchev–Trinajstić information content (AvgIpc) is 2.50. The number of carbonyl (C=O) groups excluding carboxylic acids is 1. The van der Waals surface area contributed by atoms with Gasteiger partial charge >= 0.3 is 0 Å². The van der Waals surface area contributed by atoms with Gasteiger partial charge in [0.05, 0.1) is 6.04 Å². The molecule has 1 aliphatic rings. The van der Waals surface area contributed by atoms with E-state index in [0.29, 0.717) is 12.1 Å². The summed E-state index contributed by atoms with van der Waals surface area (Å²) in [7, 11) is 0. The molecule has 2 unspecified atom stereocenters. The summed E-state index contributed by atoms with van der Waals surface area (Å²) < 4.78 is 0. The van der Waals surface area contributed by atoms with Crippen LogP contribution in [0.1, 0.15) is 59.8 Å². The van der Waals surface area contributed by atoms with Gasteiger partial charge in [-0.2, -0.15) is 0 Å². The van der Waals surface area contributed by atoms with E-state index < -0.39 is 0 Å². The second-order valence-electron chi connectivity index (χ2n) is 5.94. The topological polar surface area (TPSA) is 44.4 Å². The minimum absolute atomic E-state index is 0.0274. The molecule has 4 heteroatoms. The van der Waals surface area contributed by atoms with Crippen molar-refractivity contribution in [1.82, 2.24) is 15.5 Å². The first kappa shape index (κ1) is 17.4. The largest absolute Gasteiger partial charge is 0.352 e. The van der Waals surface area contributed by atoms with Crippen molar-refractivity contribution in [2.45, 2.75) is 77.9 Å². The molecule has 0 saturated carbocycles. The normalized spacial score (nSPS) is 21.2. The maximum absolute atomic E-state index is 12.5. The van der Waals surface area contributed by atoms with Crippen LogP contribution in [0.2, 0.25) is 0 Å². The molecule has 0 aliphatic carbocycles. The van der Waals surface area contributed by atoms with Gasteiger partial charge in [0.15, 0.2) is 0 Å². The Hall–Kier alpha value is -0.610. The third kappa shape index (κ3) is 5.06. The monoisotopic (exact) mass is 283 g/mol. The van der Waals surface area contributed by atoms with Crippen molar-refractivity contribution in [2.24, 2.45) is 0 Å². The summed E-state index contributed by atoms with van der Waals surface area (Å²) in [4.78, 5) is 14.8. The molecule has 1 heterocycles. The molecule has 1 amide bonds. The first-order chi connectivity index (χ1) is 9.63. The van der Waals surface area contributed by atoms with Gasteiger partial charge in [-0.3, -0.25) is 9.69 Å². The standard InChI is InChI=1S/C16H33N3O/c1-5-11-19(15-9-8-10-17-12-15)13(4)16(20)18-14(6-2)7-3/h13-15,17H,5-12H2,1-4H3,(H,18,20). The van der Waals surface area contributed by atoms with Gasteiger partial charge in [0.2, 0.25) is 5.91 Å². The molecule has 20 heavy (non-hydrogen) atoms. The highest BCUT2D eigenvalue weighted by Crippen LogP contribution is 2.15. The first-order valence-corrected chi connectivity index (χ1v) is 8.40. The molecule has 0 aromatic carbocycles. The summed E-state index contributed by atoms with van der Waals surface area (Å²) in [5.74, 6) is 0.192. The predicted octanol–water partition coefficient (Wildman–Crippen LogP) is 2.14. The number of hydrogen-bond donors (Lipinski definition) is 2. The van der Waals surface area contributed by atoms with Gasteiger partial charge in [-0.15, -0.1) is 0 Å². The van der Waals surface area contributed by atoms with E-state index in [-0.39, 0.29) is 11.9 Å². The molecule has 2 atom stereocenters. The van der Waals surface area contributed by atoms with Gasteiger partial charge in [0, 0.05) is 18.6 Å². The van der Waals surface area contributed by atoms with Crippen LogP contribution < -0.4 is 10.6 Å². The number of piperidine rings is 1. The molecule has 0 radical (unpaired) electrons. The van der Waals surface area contributed by atoms with Crippen molar-refractivity contribution in [1.29, 1.82) is 0 Å². The highest BCUT2D eigenvalue weighted by atomic mass is 16.2. The second kappa shape index (κ2) is 9.35. The SMILES string of the molecule is CCCN(C1CCCNC1)C(C)C(=O)NC(CC)CC. The zero-order valence-electron chi connectivity index (χ0n) is 13.7. The van der Waals surface area contributed by atoms with Crippen molar-refractivity contribution >= 4 is 5.91 Å². The zero-order valence-corrected chi connectivity index (χ0v) is 13.7. The maximum atomic E-state index is 12.5. The Morgan fingerprint density at radius 3 is 2.55 bits per heavy atom. The van der Waals surface area contributed by atoms with E-state index in [9.17, 15) is 4.79 Å². The van der Waals surface area contributed by atoms with Crippen LogP contribution in [0, 0.1) is 0 Å². The molecule has 0 aromatic heterocycles. The molecule has 118 valence electrons. The molecule has 0 bridgehead atoms. The minimum atomic E-state index is -0.0274. The second-order valence-corrected chi connectivity index (χ2v) is 5.94. The average molecular weight is 283 g/mol. The third-order valence-corrected chi connectivity index (χ3v) is 4.43. The Kier molecular flexibility index (Phi) is 8.15. The van der Waals surface area contributed by atoms with Gasteiger partial charge in [-0.05, 0) is 52.1 Å². The summed E-state index contributed by atoms with van der Waals surface area (Å²) in [6, 6.07) is 0.796. The zero-order chi connectivity index (χ0) is 15.0. The van der Waals surface area contributed by atoms with Crippen molar-refractivity contribution in [3.8, 4) is 0 Å². The van der Waals surface area contributed by atoms with E-state index in [0.717, 1.165) is 38.9 Å². The smallest absolute Gasteiger partial charge is 0.237 e. The van der Waals surface area contributed by atoms with Gasteiger partial charge in [-0.1, -0.05) is 20.8 Å². The summed E-state index contributed by atoms with van der Waals surface area (Å²) in [5, 5.41) is 6.65. The summed E-state index contributed by atoms with van der Waals surface area (Å²) >= 11 is 0. The fourth-order valence-electron chi connectivity index (χ4n) is 3.03. The number of hydrogen-bond acceptors (Lipinski definition) is 3. The van der Waals surface area contributed by atoms with Crippen LogP contribution in [0.15, 0.2) is 0 Å². The molecule has 0 spiro atoms. The minimum Gasteiger partial charge on any atom is -0.352 e.